The average molecular weight is 429 g/mol. The van der Waals surface area contributed by atoms with Crippen LogP contribution in [0, 0.1) is 5.92 Å². The molecule has 27 heavy (non-hydrogen) atoms. The molecule has 0 saturated heterocycles. The monoisotopic (exact) mass is 427 g/mol. The number of carbonyl (C=O) groups excluding carboxylic acids is 1. The summed E-state index contributed by atoms with van der Waals surface area (Å²) in [6.45, 7) is 0. The molecule has 3 rings (SSSR count). The second kappa shape index (κ2) is 9.20. The third kappa shape index (κ3) is 5.79. The Morgan fingerprint density at radius 3 is 2.41 bits per heavy atom. The molecule has 1 aromatic carbocycles. The summed E-state index contributed by atoms with van der Waals surface area (Å²) >= 11 is 18.2. The standard InChI is InChI=1S/C19H20Cl3N3O2/c20-12-6-16(21)15(17(22)7-12)9-19(27)25-18-8-13(23-10-24-18)5-11-1-3-14(26)4-2-11/h6-8,10-11,14,26H,1-5,9H2,(H,23,24,25,27). The number of hydrogen-bond donors (Lipinski definition) is 2. The molecule has 1 saturated carbocycles. The molecule has 0 bridgehead atoms. The molecule has 0 spiro atoms. The molecule has 1 fully saturated rings. The number of nitrogens with one attached hydrogen (secondary N) is 1. The smallest absolute Gasteiger partial charge is 0.230 e. The van der Waals surface area contributed by atoms with Gasteiger partial charge in [-0.3, -0.25) is 4.79 Å². The van der Waals surface area contributed by atoms with E-state index in [1.165, 1.54) is 6.33 Å². The lowest BCUT2D eigenvalue weighted by atomic mass is 9.84. The van der Waals surface area contributed by atoms with E-state index >= 15 is 0 Å². The van der Waals surface area contributed by atoms with E-state index in [1.807, 2.05) is 0 Å². The van der Waals surface area contributed by atoms with Crippen molar-refractivity contribution in [2.24, 2.45) is 5.92 Å². The summed E-state index contributed by atoms with van der Waals surface area (Å²) in [5.41, 5.74) is 1.40. The minimum atomic E-state index is -0.272. The Morgan fingerprint density at radius 2 is 1.74 bits per heavy atom. The fourth-order valence-corrected chi connectivity index (χ4v) is 4.26. The van der Waals surface area contributed by atoms with E-state index in [9.17, 15) is 9.90 Å². The molecular formula is C19H20Cl3N3O2. The van der Waals surface area contributed by atoms with Crippen LogP contribution in [0.15, 0.2) is 24.5 Å². The van der Waals surface area contributed by atoms with Gasteiger partial charge in [-0.1, -0.05) is 34.8 Å². The first kappa shape index (κ1) is 20.3. The van der Waals surface area contributed by atoms with Crippen LogP contribution in [0.5, 0.6) is 0 Å². The first-order valence-corrected chi connectivity index (χ1v) is 9.96. The lowest BCUT2D eigenvalue weighted by Gasteiger charge is -2.25. The van der Waals surface area contributed by atoms with Gasteiger partial charge in [0, 0.05) is 26.8 Å². The molecule has 0 aliphatic heterocycles. The minimum Gasteiger partial charge on any atom is -0.393 e. The second-order valence-corrected chi connectivity index (χ2v) is 8.10. The van der Waals surface area contributed by atoms with Crippen LogP contribution in [0.3, 0.4) is 0 Å². The molecule has 1 aliphatic carbocycles. The van der Waals surface area contributed by atoms with Crippen LogP contribution in [-0.2, 0) is 17.6 Å². The summed E-state index contributed by atoms with van der Waals surface area (Å²) < 4.78 is 0. The lowest BCUT2D eigenvalue weighted by molar-refractivity contribution is -0.115. The van der Waals surface area contributed by atoms with Gasteiger partial charge in [-0.05, 0) is 55.7 Å². The van der Waals surface area contributed by atoms with Crippen molar-refractivity contribution in [2.45, 2.75) is 44.6 Å². The number of hydrogen-bond acceptors (Lipinski definition) is 4. The third-order valence-electron chi connectivity index (χ3n) is 4.75. The summed E-state index contributed by atoms with van der Waals surface area (Å²) in [5.74, 6) is 0.673. The molecule has 144 valence electrons. The molecule has 5 nitrogen and oxygen atoms in total. The number of aliphatic hydroxyl groups is 1. The van der Waals surface area contributed by atoms with Crippen molar-refractivity contribution in [3.8, 4) is 0 Å². The van der Waals surface area contributed by atoms with Crippen molar-refractivity contribution in [1.29, 1.82) is 0 Å². The fraction of sp³-hybridized carbons (Fsp3) is 0.421. The number of rotatable bonds is 5. The van der Waals surface area contributed by atoms with E-state index in [4.69, 9.17) is 34.8 Å². The first-order chi connectivity index (χ1) is 12.9. The van der Waals surface area contributed by atoms with Crippen LogP contribution in [0.4, 0.5) is 5.82 Å². The highest BCUT2D eigenvalue weighted by molar-refractivity contribution is 6.39. The first-order valence-electron chi connectivity index (χ1n) is 8.83. The maximum atomic E-state index is 12.4. The predicted octanol–water partition coefficient (Wildman–Crippen LogP) is 4.71. The number of aliphatic hydroxyl groups excluding tert-OH is 1. The number of aromatic nitrogens is 2. The number of benzene rings is 1. The maximum Gasteiger partial charge on any atom is 0.230 e. The van der Waals surface area contributed by atoms with Gasteiger partial charge >= 0.3 is 0 Å². The predicted molar refractivity (Wildman–Crippen MR) is 108 cm³/mol. The quantitative estimate of drug-likeness (QED) is 0.723. The Bertz CT molecular complexity index is 801. The van der Waals surface area contributed by atoms with Crippen molar-refractivity contribution in [2.75, 3.05) is 5.32 Å². The van der Waals surface area contributed by atoms with Gasteiger partial charge in [-0.25, -0.2) is 9.97 Å². The molecule has 1 heterocycles. The highest BCUT2D eigenvalue weighted by atomic mass is 35.5. The highest BCUT2D eigenvalue weighted by Crippen LogP contribution is 2.30. The van der Waals surface area contributed by atoms with Gasteiger partial charge in [0.05, 0.1) is 12.5 Å². The molecule has 0 radical (unpaired) electrons. The van der Waals surface area contributed by atoms with Crippen LogP contribution in [0.2, 0.25) is 15.1 Å². The lowest BCUT2D eigenvalue weighted by Crippen LogP contribution is -2.20. The molecule has 1 aromatic heterocycles. The number of carbonyl (C=O) groups is 1. The molecule has 8 heteroatoms. The van der Waals surface area contributed by atoms with E-state index in [-0.39, 0.29) is 18.4 Å². The zero-order valence-corrected chi connectivity index (χ0v) is 16.9. The maximum absolute atomic E-state index is 12.4. The van der Waals surface area contributed by atoms with E-state index in [1.54, 1.807) is 18.2 Å². The van der Waals surface area contributed by atoms with Crippen molar-refractivity contribution < 1.29 is 9.90 Å². The second-order valence-electron chi connectivity index (χ2n) is 6.85. The molecular weight excluding hydrogens is 409 g/mol. The van der Waals surface area contributed by atoms with E-state index in [0.29, 0.717) is 32.4 Å². The molecule has 2 aromatic rings. The summed E-state index contributed by atoms with van der Waals surface area (Å²) in [6.07, 6.45) is 5.75. The number of anilines is 1. The molecule has 0 unspecified atom stereocenters. The summed E-state index contributed by atoms with van der Waals surface area (Å²) in [6, 6.07) is 4.90. The van der Waals surface area contributed by atoms with Crippen molar-refractivity contribution >= 4 is 46.5 Å². The summed E-state index contributed by atoms with van der Waals surface area (Å²) in [5, 5.41) is 13.5. The van der Waals surface area contributed by atoms with Gasteiger partial charge in [0.25, 0.3) is 0 Å². The van der Waals surface area contributed by atoms with Crippen LogP contribution in [-0.4, -0.2) is 27.1 Å². The van der Waals surface area contributed by atoms with Crippen molar-refractivity contribution in [3.63, 3.8) is 0 Å². The van der Waals surface area contributed by atoms with Gasteiger partial charge in [0.2, 0.25) is 5.91 Å². The topological polar surface area (TPSA) is 75.1 Å². The average Bonchev–Trinajstić information content (AvgIpc) is 2.60. The van der Waals surface area contributed by atoms with Crippen LogP contribution >= 0.6 is 34.8 Å². The summed E-state index contributed by atoms with van der Waals surface area (Å²) in [7, 11) is 0. The van der Waals surface area contributed by atoms with Gasteiger partial charge < -0.3 is 10.4 Å². The molecule has 1 amide bonds. The Labute approximate surface area is 173 Å². The third-order valence-corrected chi connectivity index (χ3v) is 5.64. The molecule has 1 aliphatic rings. The molecule has 2 N–H and O–H groups in total. The largest absolute Gasteiger partial charge is 0.393 e. The molecule has 0 atom stereocenters. The Balaban J connectivity index is 1.61. The van der Waals surface area contributed by atoms with Crippen molar-refractivity contribution in [3.05, 3.63) is 50.9 Å². The minimum absolute atomic E-state index is 0.0225. The number of amides is 1. The zero-order valence-electron chi connectivity index (χ0n) is 14.6. The van der Waals surface area contributed by atoms with Crippen LogP contribution in [0.25, 0.3) is 0 Å². The van der Waals surface area contributed by atoms with Gasteiger partial charge in [-0.2, -0.15) is 0 Å². The summed E-state index contributed by atoms with van der Waals surface area (Å²) in [4.78, 5) is 20.8. The normalized spacial score (nSPS) is 19.7. The zero-order chi connectivity index (χ0) is 19.4. The fourth-order valence-electron chi connectivity index (χ4n) is 3.31. The number of halogens is 3. The van der Waals surface area contributed by atoms with Crippen molar-refractivity contribution in [1.82, 2.24) is 9.97 Å². The van der Waals surface area contributed by atoms with E-state index in [2.05, 4.69) is 15.3 Å². The number of nitrogens with zero attached hydrogens (tertiary/aromatic N) is 2. The van der Waals surface area contributed by atoms with Gasteiger partial charge in [0.1, 0.15) is 12.1 Å². The Hall–Kier alpha value is -1.40. The van der Waals surface area contributed by atoms with Gasteiger partial charge in [0.15, 0.2) is 0 Å². The van der Waals surface area contributed by atoms with E-state index < -0.39 is 0 Å². The van der Waals surface area contributed by atoms with E-state index in [0.717, 1.165) is 37.8 Å². The van der Waals surface area contributed by atoms with Crippen LogP contribution in [0.1, 0.15) is 36.9 Å². The van der Waals surface area contributed by atoms with Gasteiger partial charge in [-0.15, -0.1) is 0 Å². The van der Waals surface area contributed by atoms with Crippen LogP contribution < -0.4 is 5.32 Å². The Morgan fingerprint density at radius 1 is 1.07 bits per heavy atom. The SMILES string of the molecule is O=C(Cc1c(Cl)cc(Cl)cc1Cl)Nc1cc(CC2CCC(O)CC2)ncn1. The Kier molecular flexibility index (Phi) is 6.93. The highest BCUT2D eigenvalue weighted by Gasteiger charge is 2.20.